The highest BCUT2D eigenvalue weighted by atomic mass is 32.1. The molecule has 0 aromatic carbocycles. The Morgan fingerprint density at radius 2 is 1.79 bits per heavy atom. The van der Waals surface area contributed by atoms with Crippen LogP contribution in [0.5, 0.6) is 0 Å². The lowest BCUT2D eigenvalue weighted by Crippen LogP contribution is -2.48. The van der Waals surface area contributed by atoms with Crippen LogP contribution in [0, 0.1) is 0 Å². The van der Waals surface area contributed by atoms with Crippen molar-refractivity contribution in [3.63, 3.8) is 0 Å². The van der Waals surface area contributed by atoms with Gasteiger partial charge in [0.1, 0.15) is 0 Å². The third kappa shape index (κ3) is 4.20. The van der Waals surface area contributed by atoms with Crippen LogP contribution in [0.2, 0.25) is 0 Å². The largest absolute Gasteiger partial charge is 0.301 e. The maximum atomic E-state index is 4.46. The van der Waals surface area contributed by atoms with E-state index in [0.717, 1.165) is 0 Å². The van der Waals surface area contributed by atoms with Gasteiger partial charge in [0.15, 0.2) is 0 Å². The van der Waals surface area contributed by atoms with Gasteiger partial charge in [-0.1, -0.05) is 19.8 Å². The van der Waals surface area contributed by atoms with Crippen LogP contribution in [0.3, 0.4) is 0 Å². The molecule has 2 nitrogen and oxygen atoms in total. The molecule has 1 aliphatic rings. The van der Waals surface area contributed by atoms with Gasteiger partial charge in [0, 0.05) is 31.6 Å². The monoisotopic (exact) mass is 216 g/mol. The fourth-order valence-corrected chi connectivity index (χ4v) is 2.18. The molecule has 1 fully saturated rings. The van der Waals surface area contributed by atoms with Gasteiger partial charge >= 0.3 is 0 Å². The number of rotatable bonds is 5. The van der Waals surface area contributed by atoms with E-state index in [2.05, 4.69) is 36.3 Å². The molecular weight excluding hydrogens is 192 g/mol. The molecule has 0 radical (unpaired) electrons. The van der Waals surface area contributed by atoms with Crippen LogP contribution in [0.25, 0.3) is 0 Å². The van der Waals surface area contributed by atoms with Crippen molar-refractivity contribution in [1.29, 1.82) is 0 Å². The van der Waals surface area contributed by atoms with Gasteiger partial charge in [0.2, 0.25) is 0 Å². The van der Waals surface area contributed by atoms with Gasteiger partial charge in [0.05, 0.1) is 0 Å². The standard InChI is InChI=1S/C11H24N2S/c1-3-4-5-6-12-7-9-13(10-8-12)11(2)14/h11,14H,3-10H2,1-2H3. The SMILES string of the molecule is CCCCCN1CCN(C(C)S)CC1. The van der Waals surface area contributed by atoms with E-state index >= 15 is 0 Å². The Balaban J connectivity index is 2.09. The first-order valence-corrected chi connectivity index (χ1v) is 6.40. The third-order valence-electron chi connectivity index (χ3n) is 3.01. The summed E-state index contributed by atoms with van der Waals surface area (Å²) in [4.78, 5) is 5.03. The summed E-state index contributed by atoms with van der Waals surface area (Å²) < 4.78 is 0. The van der Waals surface area contributed by atoms with Gasteiger partial charge in [-0.05, 0) is 19.9 Å². The van der Waals surface area contributed by atoms with Gasteiger partial charge in [-0.15, -0.1) is 0 Å². The molecule has 1 aliphatic heterocycles. The summed E-state index contributed by atoms with van der Waals surface area (Å²) in [5.74, 6) is 0. The molecule has 1 atom stereocenters. The molecule has 0 amide bonds. The first-order valence-electron chi connectivity index (χ1n) is 5.88. The first-order chi connectivity index (χ1) is 6.74. The molecule has 14 heavy (non-hydrogen) atoms. The van der Waals surface area contributed by atoms with E-state index in [0.29, 0.717) is 5.37 Å². The van der Waals surface area contributed by atoms with E-state index < -0.39 is 0 Å². The summed E-state index contributed by atoms with van der Waals surface area (Å²) in [6.45, 7) is 10.6. The molecule has 3 heteroatoms. The van der Waals surface area contributed by atoms with Gasteiger partial charge in [-0.2, -0.15) is 12.6 Å². The lowest BCUT2D eigenvalue weighted by atomic mass is 10.2. The maximum absolute atomic E-state index is 4.46. The van der Waals surface area contributed by atoms with Crippen LogP contribution >= 0.6 is 12.6 Å². The van der Waals surface area contributed by atoms with Crippen molar-refractivity contribution < 1.29 is 0 Å². The predicted molar refractivity (Wildman–Crippen MR) is 66.0 cm³/mol. The highest BCUT2D eigenvalue weighted by molar-refractivity contribution is 7.80. The summed E-state index contributed by atoms with van der Waals surface area (Å²) in [5.41, 5.74) is 0. The number of hydrogen-bond acceptors (Lipinski definition) is 3. The summed E-state index contributed by atoms with van der Waals surface area (Å²) in [6, 6.07) is 0. The lowest BCUT2D eigenvalue weighted by molar-refractivity contribution is 0.127. The average Bonchev–Trinajstić information content (AvgIpc) is 2.19. The van der Waals surface area contributed by atoms with Crippen molar-refractivity contribution in [3.8, 4) is 0 Å². The highest BCUT2D eigenvalue weighted by Crippen LogP contribution is 2.09. The molecule has 84 valence electrons. The minimum atomic E-state index is 0.424. The summed E-state index contributed by atoms with van der Waals surface area (Å²) in [6.07, 6.45) is 4.07. The van der Waals surface area contributed by atoms with Crippen molar-refractivity contribution in [1.82, 2.24) is 9.80 Å². The molecule has 0 N–H and O–H groups in total. The minimum absolute atomic E-state index is 0.424. The van der Waals surface area contributed by atoms with Crippen LogP contribution in [0.4, 0.5) is 0 Å². The molecule has 1 unspecified atom stereocenters. The first kappa shape index (κ1) is 12.3. The third-order valence-corrected chi connectivity index (χ3v) is 3.34. The molecule has 0 aliphatic carbocycles. The van der Waals surface area contributed by atoms with Crippen molar-refractivity contribution >= 4 is 12.6 Å². The van der Waals surface area contributed by atoms with E-state index in [1.54, 1.807) is 0 Å². The smallest absolute Gasteiger partial charge is 0.0500 e. The topological polar surface area (TPSA) is 6.48 Å². The fourth-order valence-electron chi connectivity index (χ4n) is 1.95. The van der Waals surface area contributed by atoms with Crippen molar-refractivity contribution in [2.24, 2.45) is 0 Å². The molecule has 1 heterocycles. The molecule has 0 bridgehead atoms. The van der Waals surface area contributed by atoms with Crippen LogP contribution in [0.1, 0.15) is 33.1 Å². The van der Waals surface area contributed by atoms with Gasteiger partial charge < -0.3 is 4.90 Å². The molecule has 0 aromatic heterocycles. The maximum Gasteiger partial charge on any atom is 0.0500 e. The fraction of sp³-hybridized carbons (Fsp3) is 1.00. The summed E-state index contributed by atoms with van der Waals surface area (Å²) >= 11 is 4.46. The van der Waals surface area contributed by atoms with Crippen LogP contribution in [-0.4, -0.2) is 47.9 Å². The Bertz CT molecular complexity index is 142. The number of nitrogens with zero attached hydrogens (tertiary/aromatic N) is 2. The Morgan fingerprint density at radius 1 is 1.14 bits per heavy atom. The van der Waals surface area contributed by atoms with Gasteiger partial charge in [0.25, 0.3) is 0 Å². The average molecular weight is 216 g/mol. The Hall–Kier alpha value is 0.270. The molecule has 0 saturated carbocycles. The van der Waals surface area contributed by atoms with E-state index in [1.165, 1.54) is 52.0 Å². The molecule has 1 saturated heterocycles. The predicted octanol–water partition coefficient (Wildman–Crippen LogP) is 2.07. The molecular formula is C11H24N2S. The number of hydrogen-bond donors (Lipinski definition) is 1. The van der Waals surface area contributed by atoms with Gasteiger partial charge in [-0.3, -0.25) is 4.90 Å². The van der Waals surface area contributed by atoms with Crippen molar-refractivity contribution in [2.45, 2.75) is 38.5 Å². The van der Waals surface area contributed by atoms with Crippen molar-refractivity contribution in [2.75, 3.05) is 32.7 Å². The lowest BCUT2D eigenvalue weighted by Gasteiger charge is -2.36. The second kappa shape index (κ2) is 6.70. The van der Waals surface area contributed by atoms with E-state index in [4.69, 9.17) is 0 Å². The minimum Gasteiger partial charge on any atom is -0.301 e. The number of piperazine rings is 1. The molecule has 1 rings (SSSR count). The molecule has 0 spiro atoms. The second-order valence-corrected chi connectivity index (χ2v) is 4.96. The van der Waals surface area contributed by atoms with Gasteiger partial charge in [-0.25, -0.2) is 0 Å². The van der Waals surface area contributed by atoms with Crippen LogP contribution < -0.4 is 0 Å². The summed E-state index contributed by atoms with van der Waals surface area (Å²) in [5, 5.41) is 0.424. The zero-order chi connectivity index (χ0) is 10.4. The number of unbranched alkanes of at least 4 members (excludes halogenated alkanes) is 2. The van der Waals surface area contributed by atoms with Crippen LogP contribution in [0.15, 0.2) is 0 Å². The normalized spacial score (nSPS) is 22.5. The number of thiol groups is 1. The zero-order valence-electron chi connectivity index (χ0n) is 9.58. The Kier molecular flexibility index (Phi) is 5.90. The van der Waals surface area contributed by atoms with E-state index in [-0.39, 0.29) is 0 Å². The zero-order valence-corrected chi connectivity index (χ0v) is 10.5. The quantitative estimate of drug-likeness (QED) is 0.555. The van der Waals surface area contributed by atoms with E-state index in [1.807, 2.05) is 0 Å². The second-order valence-electron chi connectivity index (χ2n) is 4.22. The summed E-state index contributed by atoms with van der Waals surface area (Å²) in [7, 11) is 0. The molecule has 0 aromatic rings. The van der Waals surface area contributed by atoms with Crippen molar-refractivity contribution in [3.05, 3.63) is 0 Å². The van der Waals surface area contributed by atoms with Crippen LogP contribution in [-0.2, 0) is 0 Å². The van der Waals surface area contributed by atoms with E-state index in [9.17, 15) is 0 Å². The highest BCUT2D eigenvalue weighted by Gasteiger charge is 2.18. The Labute approximate surface area is 94.1 Å². The Morgan fingerprint density at radius 3 is 2.29 bits per heavy atom.